The van der Waals surface area contributed by atoms with Gasteiger partial charge in [0.1, 0.15) is 22.7 Å². The summed E-state index contributed by atoms with van der Waals surface area (Å²) < 4.78 is 12.6. The third-order valence-corrected chi connectivity index (χ3v) is 8.08. The average molecular weight is 467 g/mol. The molecule has 8 rings (SSSR count). The molecular formula is C32H18O2S. The van der Waals surface area contributed by atoms with Gasteiger partial charge in [-0.15, -0.1) is 11.3 Å². The first-order valence-electron chi connectivity index (χ1n) is 11.7. The van der Waals surface area contributed by atoms with E-state index in [9.17, 15) is 0 Å². The van der Waals surface area contributed by atoms with Crippen LogP contribution in [0, 0.1) is 0 Å². The summed E-state index contributed by atoms with van der Waals surface area (Å²) in [5.41, 5.74) is 6.57. The van der Waals surface area contributed by atoms with Gasteiger partial charge in [0.25, 0.3) is 0 Å². The third-order valence-electron chi connectivity index (χ3n) is 6.92. The number of hydrogen-bond acceptors (Lipinski definition) is 3. The van der Waals surface area contributed by atoms with Crippen LogP contribution in [0.1, 0.15) is 0 Å². The van der Waals surface area contributed by atoms with Crippen molar-refractivity contribution in [3.05, 3.63) is 109 Å². The van der Waals surface area contributed by atoms with Crippen LogP contribution in [0.3, 0.4) is 0 Å². The van der Waals surface area contributed by atoms with Crippen molar-refractivity contribution in [2.45, 2.75) is 0 Å². The zero-order valence-corrected chi connectivity index (χ0v) is 19.4. The summed E-state index contributed by atoms with van der Waals surface area (Å²) in [7, 11) is 0. The molecular weight excluding hydrogens is 448 g/mol. The van der Waals surface area contributed by atoms with Crippen LogP contribution >= 0.6 is 11.3 Å². The Bertz CT molecular complexity index is 1930. The van der Waals surface area contributed by atoms with Crippen LogP contribution in [0.25, 0.3) is 64.7 Å². The van der Waals surface area contributed by atoms with Crippen LogP contribution < -0.4 is 4.74 Å². The maximum atomic E-state index is 6.28. The van der Waals surface area contributed by atoms with Gasteiger partial charge in [-0.25, -0.2) is 0 Å². The molecule has 5 aromatic carbocycles. The lowest BCUT2D eigenvalue weighted by molar-refractivity contribution is 0.487. The van der Waals surface area contributed by atoms with E-state index >= 15 is 0 Å². The summed E-state index contributed by atoms with van der Waals surface area (Å²) in [6, 6.07) is 38.3. The van der Waals surface area contributed by atoms with E-state index in [-0.39, 0.29) is 0 Å². The van der Waals surface area contributed by atoms with Gasteiger partial charge in [0.2, 0.25) is 0 Å². The van der Waals surface area contributed by atoms with Crippen LogP contribution in [0.5, 0.6) is 11.5 Å². The van der Waals surface area contributed by atoms with Gasteiger partial charge in [0, 0.05) is 37.0 Å². The predicted molar refractivity (Wildman–Crippen MR) is 145 cm³/mol. The quantitative estimate of drug-likeness (QED) is 0.253. The molecule has 3 heterocycles. The first kappa shape index (κ1) is 19.0. The summed E-state index contributed by atoms with van der Waals surface area (Å²) in [6.07, 6.45) is 0. The van der Waals surface area contributed by atoms with Crippen molar-refractivity contribution in [3.8, 4) is 43.5 Å². The van der Waals surface area contributed by atoms with E-state index in [4.69, 9.17) is 9.15 Å². The molecule has 0 N–H and O–H groups in total. The van der Waals surface area contributed by atoms with Gasteiger partial charge in [0.05, 0.1) is 0 Å². The molecule has 35 heavy (non-hydrogen) atoms. The maximum Gasteiger partial charge on any atom is 0.144 e. The molecule has 2 aromatic heterocycles. The Hall–Kier alpha value is -4.34. The first-order valence-corrected chi connectivity index (χ1v) is 12.5. The van der Waals surface area contributed by atoms with Gasteiger partial charge in [-0.1, -0.05) is 60.7 Å². The molecule has 1 aliphatic heterocycles. The van der Waals surface area contributed by atoms with Crippen LogP contribution in [0.4, 0.5) is 0 Å². The van der Waals surface area contributed by atoms with Gasteiger partial charge >= 0.3 is 0 Å². The smallest absolute Gasteiger partial charge is 0.144 e. The van der Waals surface area contributed by atoms with Crippen molar-refractivity contribution in [3.63, 3.8) is 0 Å². The van der Waals surface area contributed by atoms with Crippen molar-refractivity contribution in [1.29, 1.82) is 0 Å². The van der Waals surface area contributed by atoms with E-state index in [1.807, 2.05) is 18.2 Å². The number of hydrogen-bond donors (Lipinski definition) is 0. The lowest BCUT2D eigenvalue weighted by Crippen LogP contribution is -1.97. The monoisotopic (exact) mass is 466 g/mol. The first-order chi connectivity index (χ1) is 17.3. The molecule has 2 nitrogen and oxygen atoms in total. The molecule has 0 atom stereocenters. The minimum absolute atomic E-state index is 0.906. The average Bonchev–Trinajstić information content (AvgIpc) is 3.54. The Labute approximate surface area is 205 Å². The van der Waals surface area contributed by atoms with Crippen molar-refractivity contribution in [1.82, 2.24) is 0 Å². The Balaban J connectivity index is 1.26. The minimum atomic E-state index is 0.906. The molecule has 1 aliphatic rings. The van der Waals surface area contributed by atoms with Gasteiger partial charge in [-0.2, -0.15) is 0 Å². The normalized spacial score (nSPS) is 12.2. The summed E-state index contributed by atoms with van der Waals surface area (Å²) in [5.74, 6) is 1.83. The number of benzene rings is 5. The third kappa shape index (κ3) is 2.76. The van der Waals surface area contributed by atoms with E-state index in [1.165, 1.54) is 31.7 Å². The summed E-state index contributed by atoms with van der Waals surface area (Å²) in [6.45, 7) is 0. The highest BCUT2D eigenvalue weighted by Gasteiger charge is 2.21. The van der Waals surface area contributed by atoms with E-state index in [0.717, 1.165) is 44.6 Å². The van der Waals surface area contributed by atoms with Crippen LogP contribution in [0.15, 0.2) is 114 Å². The summed E-state index contributed by atoms with van der Waals surface area (Å²) >= 11 is 1.79. The van der Waals surface area contributed by atoms with Gasteiger partial charge in [-0.05, 0) is 65.0 Å². The minimum Gasteiger partial charge on any atom is -0.456 e. The lowest BCUT2D eigenvalue weighted by Gasteiger charge is -2.21. The number of thiophene rings is 1. The highest BCUT2D eigenvalue weighted by atomic mass is 32.1. The molecule has 7 aromatic rings. The molecule has 0 radical (unpaired) electrons. The van der Waals surface area contributed by atoms with Gasteiger partial charge < -0.3 is 9.15 Å². The fraction of sp³-hybridized carbons (Fsp3) is 0. The summed E-state index contributed by atoms with van der Waals surface area (Å²) in [4.78, 5) is 2.42. The van der Waals surface area contributed by atoms with Crippen molar-refractivity contribution >= 4 is 44.0 Å². The molecule has 0 bridgehead atoms. The molecule has 0 aliphatic carbocycles. The molecule has 0 unspecified atom stereocenters. The second-order valence-electron chi connectivity index (χ2n) is 8.92. The standard InChI is InChI=1S/C32H18O2S/c1-2-12-26-21(8-1)23-10-5-11-24(32(23)34-26)30-17-16-29(35-30)20-14-15-27-25(18-20)22-9-3-6-19-7-4-13-28(33-27)31(19)22/h1-18H. The number of para-hydroxylation sites is 2. The maximum absolute atomic E-state index is 6.28. The molecule has 0 saturated heterocycles. The SMILES string of the molecule is c1cc2c3c(cccc3c1)-c1cc(-c3ccc(-c4cccc5c4oc4ccccc45)s3)ccc1O2. The zero-order valence-electron chi connectivity index (χ0n) is 18.6. The van der Waals surface area contributed by atoms with Crippen molar-refractivity contribution < 1.29 is 9.15 Å². The molecule has 0 saturated carbocycles. The van der Waals surface area contributed by atoms with E-state index in [1.54, 1.807) is 11.3 Å². The topological polar surface area (TPSA) is 22.4 Å². The fourth-order valence-corrected chi connectivity index (χ4v) is 6.32. The van der Waals surface area contributed by atoms with Crippen molar-refractivity contribution in [2.75, 3.05) is 0 Å². The lowest BCUT2D eigenvalue weighted by atomic mass is 9.93. The Morgan fingerprint density at radius 2 is 1.34 bits per heavy atom. The molecule has 0 spiro atoms. The number of ether oxygens (including phenoxy) is 1. The van der Waals surface area contributed by atoms with Crippen LogP contribution in [-0.4, -0.2) is 0 Å². The largest absolute Gasteiger partial charge is 0.456 e. The van der Waals surface area contributed by atoms with Crippen LogP contribution in [0.2, 0.25) is 0 Å². The second-order valence-corrected chi connectivity index (χ2v) is 10.0. The van der Waals surface area contributed by atoms with Crippen LogP contribution in [-0.2, 0) is 0 Å². The molecule has 0 fully saturated rings. The van der Waals surface area contributed by atoms with E-state index in [2.05, 4.69) is 91.0 Å². The van der Waals surface area contributed by atoms with Gasteiger partial charge in [0.15, 0.2) is 0 Å². The molecule has 0 amide bonds. The Kier molecular flexibility index (Phi) is 3.85. The highest BCUT2D eigenvalue weighted by molar-refractivity contribution is 7.18. The van der Waals surface area contributed by atoms with Crippen molar-refractivity contribution in [2.24, 2.45) is 0 Å². The van der Waals surface area contributed by atoms with E-state index in [0.29, 0.717) is 0 Å². The summed E-state index contributed by atoms with van der Waals surface area (Å²) in [5, 5.41) is 4.70. The number of rotatable bonds is 2. The fourth-order valence-electron chi connectivity index (χ4n) is 5.30. The highest BCUT2D eigenvalue weighted by Crippen LogP contribution is 2.48. The molecule has 3 heteroatoms. The van der Waals surface area contributed by atoms with E-state index < -0.39 is 0 Å². The zero-order chi connectivity index (χ0) is 22.9. The Morgan fingerprint density at radius 3 is 2.31 bits per heavy atom. The van der Waals surface area contributed by atoms with Gasteiger partial charge in [-0.3, -0.25) is 0 Å². The second kappa shape index (κ2) is 7.08. The predicted octanol–water partition coefficient (Wildman–Crippen LogP) is 9.91. The number of furan rings is 1. The Morgan fingerprint density at radius 1 is 0.543 bits per heavy atom. The number of fused-ring (bicyclic) bond motifs is 5. The molecule has 164 valence electrons.